The quantitative estimate of drug-likeness (QED) is 0.485. The molecule has 0 radical (unpaired) electrons. The minimum Gasteiger partial charge on any atom is -0.396 e. The number of pyridine rings is 1. The van der Waals surface area contributed by atoms with E-state index in [9.17, 15) is 9.90 Å². The molecule has 2 aromatic heterocycles. The number of nitrogens with zero attached hydrogens (tertiary/aromatic N) is 5. The number of aromatic amines is 1. The highest BCUT2D eigenvalue weighted by Gasteiger charge is 2.30. The Morgan fingerprint density at radius 2 is 2.21 bits per heavy atom. The second kappa shape index (κ2) is 10.5. The van der Waals surface area contributed by atoms with E-state index in [-0.39, 0.29) is 30.2 Å². The van der Waals surface area contributed by atoms with Gasteiger partial charge in [0.25, 0.3) is 5.56 Å². The van der Waals surface area contributed by atoms with Gasteiger partial charge in [-0.15, -0.1) is 5.10 Å². The van der Waals surface area contributed by atoms with Gasteiger partial charge >= 0.3 is 0 Å². The Bertz CT molecular complexity index is 1120. The summed E-state index contributed by atoms with van der Waals surface area (Å²) >= 11 is 0. The number of rotatable bonds is 10. The van der Waals surface area contributed by atoms with Gasteiger partial charge in [0, 0.05) is 31.9 Å². The molecule has 3 aromatic rings. The lowest BCUT2D eigenvalue weighted by molar-refractivity contribution is 0.0851. The van der Waals surface area contributed by atoms with Gasteiger partial charge in [-0.2, -0.15) is 0 Å². The smallest absolute Gasteiger partial charge is 0.252 e. The molecular formula is C24H34N6O3. The van der Waals surface area contributed by atoms with Crippen molar-refractivity contribution in [2.24, 2.45) is 5.92 Å². The Hall–Kier alpha value is -2.62. The van der Waals surface area contributed by atoms with Crippen molar-refractivity contribution in [3.8, 4) is 0 Å². The summed E-state index contributed by atoms with van der Waals surface area (Å²) in [5.41, 5.74) is 2.51. The number of aryl methyl sites for hydroxylation is 1. The monoisotopic (exact) mass is 454 g/mol. The van der Waals surface area contributed by atoms with Crippen molar-refractivity contribution in [2.45, 2.75) is 65.3 Å². The highest BCUT2D eigenvalue weighted by atomic mass is 16.5. The largest absolute Gasteiger partial charge is 0.396 e. The second-order valence-electron chi connectivity index (χ2n) is 9.25. The Balaban J connectivity index is 1.67. The Labute approximate surface area is 193 Å². The number of para-hydroxylation sites is 1. The van der Waals surface area contributed by atoms with Gasteiger partial charge in [-0.3, -0.25) is 9.69 Å². The molecule has 1 saturated heterocycles. The molecule has 0 unspecified atom stereocenters. The van der Waals surface area contributed by atoms with Crippen LogP contribution in [0.5, 0.6) is 0 Å². The van der Waals surface area contributed by atoms with Crippen molar-refractivity contribution < 1.29 is 9.84 Å². The van der Waals surface area contributed by atoms with E-state index in [2.05, 4.69) is 39.3 Å². The molecule has 9 heteroatoms. The third kappa shape index (κ3) is 5.31. The van der Waals surface area contributed by atoms with Crippen LogP contribution in [0.4, 0.5) is 0 Å². The lowest BCUT2D eigenvalue weighted by Gasteiger charge is -2.33. The highest BCUT2D eigenvalue weighted by molar-refractivity contribution is 5.81. The van der Waals surface area contributed by atoms with Gasteiger partial charge in [0.2, 0.25) is 0 Å². The Kier molecular flexibility index (Phi) is 7.52. The van der Waals surface area contributed by atoms with Gasteiger partial charge in [-0.05, 0) is 59.5 Å². The summed E-state index contributed by atoms with van der Waals surface area (Å²) in [4.78, 5) is 18.2. The fourth-order valence-electron chi connectivity index (χ4n) is 4.77. The average molecular weight is 455 g/mol. The van der Waals surface area contributed by atoms with E-state index in [0.29, 0.717) is 31.6 Å². The van der Waals surface area contributed by atoms with Crippen molar-refractivity contribution in [3.05, 3.63) is 51.6 Å². The lowest BCUT2D eigenvalue weighted by Crippen LogP contribution is -2.37. The molecule has 0 amide bonds. The number of ether oxygens (including phenoxy) is 1. The molecule has 1 aromatic carbocycles. The molecule has 178 valence electrons. The van der Waals surface area contributed by atoms with E-state index >= 15 is 0 Å². The predicted octanol–water partition coefficient (Wildman–Crippen LogP) is 2.58. The van der Waals surface area contributed by atoms with E-state index in [1.807, 2.05) is 35.9 Å². The molecule has 0 aliphatic carbocycles. The first kappa shape index (κ1) is 23.5. The maximum atomic E-state index is 13.0. The molecule has 0 bridgehead atoms. The van der Waals surface area contributed by atoms with Crippen molar-refractivity contribution in [3.63, 3.8) is 0 Å². The lowest BCUT2D eigenvalue weighted by atomic mass is 10.00. The number of nitrogens with one attached hydrogen (secondary N) is 1. The average Bonchev–Trinajstić information content (AvgIpc) is 3.46. The molecule has 9 nitrogen and oxygen atoms in total. The first-order valence-corrected chi connectivity index (χ1v) is 11.8. The Morgan fingerprint density at radius 1 is 1.36 bits per heavy atom. The summed E-state index contributed by atoms with van der Waals surface area (Å²) in [6, 6.07) is 7.87. The molecule has 1 fully saturated rings. The number of hydrogen-bond donors (Lipinski definition) is 2. The zero-order chi connectivity index (χ0) is 23.4. The summed E-state index contributed by atoms with van der Waals surface area (Å²) in [6.07, 6.45) is 2.78. The number of hydrogen-bond acceptors (Lipinski definition) is 7. The number of aliphatic hydroxyl groups excluding tert-OH is 1. The van der Waals surface area contributed by atoms with Gasteiger partial charge in [-0.1, -0.05) is 32.0 Å². The maximum absolute atomic E-state index is 13.0. The SMILES string of the molecule is Cc1cccc2cc(CN(CCCO)[C@@H](c3nnnn3C[C@@H]3CCCO3)C(C)C)c(=O)[nH]c12. The second-order valence-corrected chi connectivity index (χ2v) is 9.25. The van der Waals surface area contributed by atoms with Gasteiger partial charge in [0.05, 0.1) is 24.2 Å². The molecule has 1 aliphatic heterocycles. The summed E-state index contributed by atoms with van der Waals surface area (Å²) in [7, 11) is 0. The number of benzene rings is 1. The van der Waals surface area contributed by atoms with Crippen molar-refractivity contribution in [2.75, 3.05) is 19.8 Å². The number of H-pyrrole nitrogens is 1. The molecule has 3 heterocycles. The molecule has 2 atom stereocenters. The maximum Gasteiger partial charge on any atom is 0.252 e. The van der Waals surface area contributed by atoms with Crippen LogP contribution in [0.25, 0.3) is 10.9 Å². The zero-order valence-electron chi connectivity index (χ0n) is 19.7. The fourth-order valence-corrected chi connectivity index (χ4v) is 4.77. The van der Waals surface area contributed by atoms with Crippen LogP contribution in [0, 0.1) is 12.8 Å². The van der Waals surface area contributed by atoms with Crippen molar-refractivity contribution in [1.82, 2.24) is 30.1 Å². The van der Waals surface area contributed by atoms with Gasteiger partial charge in [0.15, 0.2) is 5.82 Å². The molecule has 33 heavy (non-hydrogen) atoms. The molecule has 0 saturated carbocycles. The third-order valence-electron chi connectivity index (χ3n) is 6.39. The molecule has 4 rings (SSSR count). The van der Waals surface area contributed by atoms with E-state index in [0.717, 1.165) is 41.7 Å². The first-order valence-electron chi connectivity index (χ1n) is 11.8. The predicted molar refractivity (Wildman–Crippen MR) is 126 cm³/mol. The molecule has 2 N–H and O–H groups in total. The number of tetrazole rings is 1. The van der Waals surface area contributed by atoms with E-state index < -0.39 is 0 Å². The van der Waals surface area contributed by atoms with Gasteiger partial charge in [0.1, 0.15) is 0 Å². The zero-order valence-corrected chi connectivity index (χ0v) is 19.7. The molecule has 1 aliphatic rings. The van der Waals surface area contributed by atoms with E-state index in [4.69, 9.17) is 4.74 Å². The number of fused-ring (bicyclic) bond motifs is 1. The summed E-state index contributed by atoms with van der Waals surface area (Å²) in [5, 5.41) is 23.2. The van der Waals surface area contributed by atoms with Crippen molar-refractivity contribution in [1.29, 1.82) is 0 Å². The standard InChI is InChI=1S/C24H34N6O3/c1-16(2)22(23-26-27-28-30(23)15-20-9-5-12-33-20)29(10-6-11-31)14-19-13-18-8-4-7-17(3)21(18)25-24(19)32/h4,7-8,13,16,20,22,31H,5-6,9-12,14-15H2,1-3H3,(H,25,32)/t20-,22+/m0/s1. The Morgan fingerprint density at radius 3 is 2.94 bits per heavy atom. The topological polar surface area (TPSA) is 109 Å². The van der Waals surface area contributed by atoms with Crippen LogP contribution in [-0.4, -0.2) is 61.1 Å². The van der Waals surface area contributed by atoms with E-state index in [1.54, 1.807) is 0 Å². The van der Waals surface area contributed by atoms with Crippen LogP contribution in [0.2, 0.25) is 0 Å². The normalized spacial score (nSPS) is 17.5. The molecular weight excluding hydrogens is 420 g/mol. The van der Waals surface area contributed by atoms with E-state index in [1.165, 1.54) is 0 Å². The fraction of sp³-hybridized carbons (Fsp3) is 0.583. The van der Waals surface area contributed by atoms with Crippen molar-refractivity contribution >= 4 is 10.9 Å². The van der Waals surface area contributed by atoms with Crippen LogP contribution in [0.15, 0.2) is 29.1 Å². The van der Waals surface area contributed by atoms with Crippen LogP contribution in [0.1, 0.15) is 56.1 Å². The molecule has 0 spiro atoms. The first-order chi connectivity index (χ1) is 16.0. The third-order valence-corrected chi connectivity index (χ3v) is 6.39. The summed E-state index contributed by atoms with van der Waals surface area (Å²) in [6.45, 7) is 8.80. The van der Waals surface area contributed by atoms with Gasteiger partial charge < -0.3 is 14.8 Å². The van der Waals surface area contributed by atoms with Crippen LogP contribution < -0.4 is 5.56 Å². The van der Waals surface area contributed by atoms with Crippen LogP contribution in [-0.2, 0) is 17.8 Å². The minimum atomic E-state index is -0.111. The number of aliphatic hydroxyl groups is 1. The van der Waals surface area contributed by atoms with Crippen LogP contribution >= 0.6 is 0 Å². The highest BCUT2D eigenvalue weighted by Crippen LogP contribution is 2.29. The van der Waals surface area contributed by atoms with Crippen LogP contribution in [0.3, 0.4) is 0 Å². The summed E-state index contributed by atoms with van der Waals surface area (Å²) in [5.74, 6) is 0.964. The summed E-state index contributed by atoms with van der Waals surface area (Å²) < 4.78 is 7.65. The number of aromatic nitrogens is 5. The minimum absolute atomic E-state index is 0.0788. The van der Waals surface area contributed by atoms with Gasteiger partial charge in [-0.25, -0.2) is 4.68 Å².